The highest BCUT2D eigenvalue weighted by molar-refractivity contribution is 9.10. The van der Waals surface area contributed by atoms with Crippen LogP contribution in [0, 0.1) is 13.8 Å². The number of thioether (sulfide) groups is 1. The van der Waals surface area contributed by atoms with E-state index in [2.05, 4.69) is 54.2 Å². The Bertz CT molecular complexity index is 302. The predicted octanol–water partition coefficient (Wildman–Crippen LogP) is 4.23. The highest BCUT2D eigenvalue weighted by Crippen LogP contribution is 2.24. The average molecular weight is 288 g/mol. The van der Waals surface area contributed by atoms with E-state index in [0.29, 0.717) is 0 Å². The number of hydrogen-bond acceptors (Lipinski definition) is 2. The zero-order valence-corrected chi connectivity index (χ0v) is 12.0. The number of hydrogen-bond donors (Lipinski definition) is 1. The molecule has 0 spiro atoms. The summed E-state index contributed by atoms with van der Waals surface area (Å²) in [4.78, 5) is 0. The first kappa shape index (κ1) is 12.9. The molecule has 1 nitrogen and oxygen atoms in total. The SMILES string of the molecule is CCSCCNc1cc(C)c(Br)c(C)c1. The van der Waals surface area contributed by atoms with E-state index < -0.39 is 0 Å². The molecule has 0 aromatic heterocycles. The summed E-state index contributed by atoms with van der Waals surface area (Å²) in [5.74, 6) is 2.37. The van der Waals surface area contributed by atoms with Gasteiger partial charge >= 0.3 is 0 Å². The fraction of sp³-hybridized carbons (Fsp3) is 0.500. The van der Waals surface area contributed by atoms with Crippen molar-refractivity contribution in [2.24, 2.45) is 0 Å². The van der Waals surface area contributed by atoms with Gasteiger partial charge < -0.3 is 5.32 Å². The van der Waals surface area contributed by atoms with Crippen LogP contribution in [0.2, 0.25) is 0 Å². The number of anilines is 1. The fourth-order valence-electron chi connectivity index (χ4n) is 1.46. The van der Waals surface area contributed by atoms with E-state index in [9.17, 15) is 0 Å². The van der Waals surface area contributed by atoms with Gasteiger partial charge in [-0.3, -0.25) is 0 Å². The molecular formula is C12H18BrNS. The normalized spacial score (nSPS) is 10.4. The van der Waals surface area contributed by atoms with Crippen molar-refractivity contribution in [3.8, 4) is 0 Å². The van der Waals surface area contributed by atoms with Gasteiger partial charge in [-0.25, -0.2) is 0 Å². The van der Waals surface area contributed by atoms with Crippen molar-refractivity contribution in [1.29, 1.82) is 0 Å². The maximum atomic E-state index is 3.57. The molecule has 0 heterocycles. The van der Waals surface area contributed by atoms with Gasteiger partial charge in [0.15, 0.2) is 0 Å². The van der Waals surface area contributed by atoms with Crippen LogP contribution in [0.1, 0.15) is 18.1 Å². The maximum Gasteiger partial charge on any atom is 0.0346 e. The minimum atomic E-state index is 1.04. The molecule has 1 rings (SSSR count). The minimum absolute atomic E-state index is 1.04. The summed E-state index contributed by atoms with van der Waals surface area (Å²) < 4.78 is 1.22. The summed E-state index contributed by atoms with van der Waals surface area (Å²) in [6.07, 6.45) is 0. The van der Waals surface area contributed by atoms with Gasteiger partial charge in [-0.2, -0.15) is 11.8 Å². The van der Waals surface area contributed by atoms with Crippen molar-refractivity contribution in [1.82, 2.24) is 0 Å². The Labute approximate surface area is 105 Å². The molecule has 15 heavy (non-hydrogen) atoms. The van der Waals surface area contributed by atoms with Crippen molar-refractivity contribution in [2.45, 2.75) is 20.8 Å². The molecule has 0 saturated carbocycles. The van der Waals surface area contributed by atoms with E-state index in [1.165, 1.54) is 32.8 Å². The number of benzene rings is 1. The largest absolute Gasteiger partial charge is 0.384 e. The smallest absolute Gasteiger partial charge is 0.0346 e. The van der Waals surface area contributed by atoms with E-state index >= 15 is 0 Å². The Kier molecular flexibility index (Phi) is 5.54. The monoisotopic (exact) mass is 287 g/mol. The van der Waals surface area contributed by atoms with Crippen LogP contribution in [-0.4, -0.2) is 18.1 Å². The lowest BCUT2D eigenvalue weighted by atomic mass is 10.1. The van der Waals surface area contributed by atoms with Gasteiger partial charge in [0.25, 0.3) is 0 Å². The zero-order chi connectivity index (χ0) is 11.3. The van der Waals surface area contributed by atoms with Crippen LogP contribution < -0.4 is 5.32 Å². The molecule has 0 atom stereocenters. The van der Waals surface area contributed by atoms with Crippen molar-refractivity contribution in [3.05, 3.63) is 27.7 Å². The third-order valence-electron chi connectivity index (χ3n) is 2.22. The van der Waals surface area contributed by atoms with Crippen molar-refractivity contribution in [2.75, 3.05) is 23.4 Å². The fourth-order valence-corrected chi connectivity index (χ4v) is 2.22. The number of halogens is 1. The van der Waals surface area contributed by atoms with Crippen LogP contribution >= 0.6 is 27.7 Å². The third-order valence-corrected chi connectivity index (χ3v) is 4.37. The van der Waals surface area contributed by atoms with Crippen molar-refractivity contribution < 1.29 is 0 Å². The molecule has 84 valence electrons. The molecule has 0 aliphatic rings. The first-order valence-electron chi connectivity index (χ1n) is 5.23. The van der Waals surface area contributed by atoms with Gasteiger partial charge in [0.05, 0.1) is 0 Å². The summed E-state index contributed by atoms with van der Waals surface area (Å²) in [6, 6.07) is 4.38. The Morgan fingerprint density at radius 2 is 1.87 bits per heavy atom. The lowest BCUT2D eigenvalue weighted by molar-refractivity contribution is 1.21. The van der Waals surface area contributed by atoms with E-state index in [1.54, 1.807) is 0 Å². The molecule has 3 heteroatoms. The van der Waals surface area contributed by atoms with E-state index in [4.69, 9.17) is 0 Å². The van der Waals surface area contributed by atoms with Crippen LogP contribution in [0.25, 0.3) is 0 Å². The van der Waals surface area contributed by atoms with Crippen LogP contribution in [0.4, 0.5) is 5.69 Å². The number of nitrogens with one attached hydrogen (secondary N) is 1. The van der Waals surface area contributed by atoms with Gasteiger partial charge in [-0.05, 0) is 42.9 Å². The van der Waals surface area contributed by atoms with E-state index in [0.717, 1.165) is 6.54 Å². The second kappa shape index (κ2) is 6.44. The molecule has 0 saturated heterocycles. The van der Waals surface area contributed by atoms with Crippen molar-refractivity contribution in [3.63, 3.8) is 0 Å². The number of aryl methyl sites for hydroxylation is 2. The molecule has 0 amide bonds. The lowest BCUT2D eigenvalue weighted by Crippen LogP contribution is -2.04. The molecule has 0 unspecified atom stereocenters. The summed E-state index contributed by atoms with van der Waals surface area (Å²) in [5.41, 5.74) is 3.81. The highest BCUT2D eigenvalue weighted by Gasteiger charge is 2.01. The molecule has 1 N–H and O–H groups in total. The summed E-state index contributed by atoms with van der Waals surface area (Å²) >= 11 is 5.54. The topological polar surface area (TPSA) is 12.0 Å². The molecule has 0 bridgehead atoms. The Morgan fingerprint density at radius 1 is 1.27 bits per heavy atom. The van der Waals surface area contributed by atoms with Gasteiger partial charge in [-0.15, -0.1) is 0 Å². The van der Waals surface area contributed by atoms with Crippen LogP contribution in [0.15, 0.2) is 16.6 Å². The second-order valence-corrected chi connectivity index (χ2v) is 5.73. The Morgan fingerprint density at radius 3 is 2.40 bits per heavy atom. The predicted molar refractivity (Wildman–Crippen MR) is 75.1 cm³/mol. The summed E-state index contributed by atoms with van der Waals surface area (Å²) in [5, 5.41) is 3.45. The highest BCUT2D eigenvalue weighted by atomic mass is 79.9. The van der Waals surface area contributed by atoms with E-state index in [-0.39, 0.29) is 0 Å². The molecule has 0 aliphatic heterocycles. The zero-order valence-electron chi connectivity index (χ0n) is 9.56. The molecule has 1 aromatic rings. The van der Waals surface area contributed by atoms with Gasteiger partial charge in [-0.1, -0.05) is 22.9 Å². The molecule has 0 radical (unpaired) electrons. The lowest BCUT2D eigenvalue weighted by Gasteiger charge is -2.10. The standard InChI is InChI=1S/C12H18BrNS/c1-4-15-6-5-14-11-7-9(2)12(13)10(3)8-11/h7-8,14H,4-6H2,1-3H3. The van der Waals surface area contributed by atoms with E-state index in [1.807, 2.05) is 11.8 Å². The Hall–Kier alpha value is -0.150. The van der Waals surface area contributed by atoms with Gasteiger partial charge in [0.1, 0.15) is 0 Å². The maximum absolute atomic E-state index is 3.57. The quantitative estimate of drug-likeness (QED) is 0.814. The molecule has 0 fully saturated rings. The van der Waals surface area contributed by atoms with Gasteiger partial charge in [0.2, 0.25) is 0 Å². The summed E-state index contributed by atoms with van der Waals surface area (Å²) in [6.45, 7) is 7.49. The molecular weight excluding hydrogens is 270 g/mol. The molecule has 1 aromatic carbocycles. The second-order valence-electron chi connectivity index (χ2n) is 3.55. The van der Waals surface area contributed by atoms with Gasteiger partial charge in [0, 0.05) is 22.5 Å². The number of rotatable bonds is 5. The Balaban J connectivity index is 2.55. The van der Waals surface area contributed by atoms with Crippen LogP contribution in [-0.2, 0) is 0 Å². The molecule has 0 aliphatic carbocycles. The van der Waals surface area contributed by atoms with Crippen LogP contribution in [0.5, 0.6) is 0 Å². The first-order chi connectivity index (χ1) is 7.15. The van der Waals surface area contributed by atoms with Crippen LogP contribution in [0.3, 0.4) is 0 Å². The third kappa shape index (κ3) is 4.07. The first-order valence-corrected chi connectivity index (χ1v) is 7.18. The summed E-state index contributed by atoms with van der Waals surface area (Å²) in [7, 11) is 0. The van der Waals surface area contributed by atoms with Crippen molar-refractivity contribution >= 4 is 33.4 Å². The average Bonchev–Trinajstić information content (AvgIpc) is 2.21. The minimum Gasteiger partial charge on any atom is -0.384 e.